The monoisotopic (exact) mass is 357 g/mol. The SMILES string of the molecule is CNC(=O)C1CC(=O)N(C2CN(c3cc(C(C)C)nc4ncnn34)C2)C1. The highest BCUT2D eigenvalue weighted by Gasteiger charge is 2.42. The van der Waals surface area contributed by atoms with Gasteiger partial charge in [0, 0.05) is 39.2 Å². The first-order valence-corrected chi connectivity index (χ1v) is 8.94. The molecule has 4 heterocycles. The molecule has 0 saturated carbocycles. The minimum absolute atomic E-state index is 0.0583. The van der Waals surface area contributed by atoms with Crippen molar-refractivity contribution in [1.29, 1.82) is 0 Å². The van der Waals surface area contributed by atoms with Crippen molar-refractivity contribution in [2.75, 3.05) is 31.6 Å². The second-order valence-electron chi connectivity index (χ2n) is 7.29. The van der Waals surface area contributed by atoms with Crippen molar-refractivity contribution in [1.82, 2.24) is 29.8 Å². The maximum atomic E-state index is 12.3. The molecule has 138 valence electrons. The van der Waals surface area contributed by atoms with Crippen LogP contribution in [0.5, 0.6) is 0 Å². The first-order valence-electron chi connectivity index (χ1n) is 8.94. The minimum Gasteiger partial charge on any atom is -0.359 e. The molecular formula is C17H23N7O2. The Morgan fingerprint density at radius 2 is 2.08 bits per heavy atom. The first kappa shape index (κ1) is 16.7. The van der Waals surface area contributed by atoms with E-state index in [-0.39, 0.29) is 23.8 Å². The molecule has 2 fully saturated rings. The van der Waals surface area contributed by atoms with Crippen molar-refractivity contribution in [3.63, 3.8) is 0 Å². The molecule has 0 aliphatic carbocycles. The van der Waals surface area contributed by atoms with Gasteiger partial charge in [-0.25, -0.2) is 4.98 Å². The lowest BCUT2D eigenvalue weighted by Gasteiger charge is -2.45. The number of amides is 2. The molecule has 4 rings (SSSR count). The van der Waals surface area contributed by atoms with Gasteiger partial charge in [0.05, 0.1) is 17.7 Å². The van der Waals surface area contributed by atoms with Crippen LogP contribution in [0.1, 0.15) is 31.9 Å². The van der Waals surface area contributed by atoms with Crippen LogP contribution in [0.4, 0.5) is 5.82 Å². The average Bonchev–Trinajstić information content (AvgIpc) is 3.19. The van der Waals surface area contributed by atoms with Crippen LogP contribution in [-0.2, 0) is 9.59 Å². The summed E-state index contributed by atoms with van der Waals surface area (Å²) in [6.07, 6.45) is 1.81. The van der Waals surface area contributed by atoms with Crippen molar-refractivity contribution in [2.24, 2.45) is 5.92 Å². The summed E-state index contributed by atoms with van der Waals surface area (Å²) in [6.45, 7) is 6.15. The molecular weight excluding hydrogens is 334 g/mol. The highest BCUT2D eigenvalue weighted by Crippen LogP contribution is 2.29. The van der Waals surface area contributed by atoms with E-state index >= 15 is 0 Å². The second-order valence-corrected chi connectivity index (χ2v) is 7.29. The lowest BCUT2D eigenvalue weighted by atomic mass is 10.1. The minimum atomic E-state index is -0.239. The molecule has 0 bridgehead atoms. The molecule has 9 nitrogen and oxygen atoms in total. The third-order valence-electron chi connectivity index (χ3n) is 5.25. The number of carbonyl (C=O) groups excluding carboxylic acids is 2. The predicted molar refractivity (Wildman–Crippen MR) is 94.8 cm³/mol. The standard InChI is InChI=1S/C17H23N7O2/c1-10(2)13-5-14(24-17(21-13)19-9-20-24)22-7-12(8-22)23-6-11(4-15(23)25)16(26)18-3/h5,9-12H,4,6-8H2,1-3H3,(H,18,26). The van der Waals surface area contributed by atoms with Crippen molar-refractivity contribution >= 4 is 23.4 Å². The van der Waals surface area contributed by atoms with E-state index in [9.17, 15) is 9.59 Å². The number of carbonyl (C=O) groups is 2. The van der Waals surface area contributed by atoms with E-state index < -0.39 is 0 Å². The Balaban J connectivity index is 1.50. The Bertz CT molecular complexity index is 856. The summed E-state index contributed by atoms with van der Waals surface area (Å²) >= 11 is 0. The van der Waals surface area contributed by atoms with Gasteiger partial charge in [0.2, 0.25) is 11.8 Å². The molecule has 2 aromatic rings. The Hall–Kier alpha value is -2.71. The molecule has 1 atom stereocenters. The van der Waals surface area contributed by atoms with Gasteiger partial charge >= 0.3 is 0 Å². The van der Waals surface area contributed by atoms with Gasteiger partial charge in [-0.1, -0.05) is 13.8 Å². The third kappa shape index (κ3) is 2.67. The molecule has 0 spiro atoms. The summed E-state index contributed by atoms with van der Waals surface area (Å²) in [6, 6.07) is 2.17. The Morgan fingerprint density at radius 1 is 1.31 bits per heavy atom. The maximum Gasteiger partial charge on any atom is 0.254 e. The largest absolute Gasteiger partial charge is 0.359 e. The molecule has 0 aromatic carbocycles. The van der Waals surface area contributed by atoms with Gasteiger partial charge in [0.1, 0.15) is 12.1 Å². The molecule has 2 aliphatic heterocycles. The van der Waals surface area contributed by atoms with Crippen LogP contribution in [0.3, 0.4) is 0 Å². The average molecular weight is 357 g/mol. The van der Waals surface area contributed by atoms with Gasteiger partial charge < -0.3 is 15.1 Å². The topological polar surface area (TPSA) is 95.7 Å². The van der Waals surface area contributed by atoms with Gasteiger partial charge in [-0.2, -0.15) is 14.6 Å². The number of hydrogen-bond acceptors (Lipinski definition) is 6. The third-order valence-corrected chi connectivity index (χ3v) is 5.25. The highest BCUT2D eigenvalue weighted by atomic mass is 16.2. The number of fused-ring (bicyclic) bond motifs is 1. The molecule has 9 heteroatoms. The number of aromatic nitrogens is 4. The lowest BCUT2D eigenvalue weighted by molar-refractivity contribution is -0.130. The van der Waals surface area contributed by atoms with Crippen molar-refractivity contribution in [3.8, 4) is 0 Å². The Morgan fingerprint density at radius 3 is 2.77 bits per heavy atom. The Kier molecular flexibility index (Phi) is 4.01. The van der Waals surface area contributed by atoms with E-state index in [4.69, 9.17) is 0 Å². The normalized spacial score (nSPS) is 20.9. The number of nitrogens with zero attached hydrogens (tertiary/aromatic N) is 6. The summed E-state index contributed by atoms with van der Waals surface area (Å²) < 4.78 is 1.74. The van der Waals surface area contributed by atoms with Gasteiger partial charge in [0.25, 0.3) is 5.78 Å². The van der Waals surface area contributed by atoms with E-state index in [0.29, 0.717) is 24.7 Å². The van der Waals surface area contributed by atoms with E-state index in [1.54, 1.807) is 11.6 Å². The van der Waals surface area contributed by atoms with E-state index in [1.165, 1.54) is 6.33 Å². The summed E-state index contributed by atoms with van der Waals surface area (Å²) in [7, 11) is 1.61. The number of nitrogens with one attached hydrogen (secondary N) is 1. The summed E-state index contributed by atoms with van der Waals surface area (Å²) in [5.74, 6) is 1.59. The smallest absolute Gasteiger partial charge is 0.254 e. The van der Waals surface area contributed by atoms with E-state index in [0.717, 1.165) is 24.6 Å². The fourth-order valence-corrected chi connectivity index (χ4v) is 3.64. The zero-order valence-electron chi connectivity index (χ0n) is 15.2. The van der Waals surface area contributed by atoms with Gasteiger partial charge in [0.15, 0.2) is 0 Å². The number of likely N-dealkylation sites (tertiary alicyclic amines) is 1. The van der Waals surface area contributed by atoms with Gasteiger partial charge in [-0.05, 0) is 5.92 Å². The molecule has 2 amide bonds. The first-order chi connectivity index (χ1) is 12.5. The van der Waals surface area contributed by atoms with Crippen LogP contribution in [0.15, 0.2) is 12.4 Å². The molecule has 0 radical (unpaired) electrons. The summed E-state index contributed by atoms with van der Waals surface area (Å²) in [5, 5.41) is 6.91. The zero-order valence-corrected chi connectivity index (χ0v) is 15.2. The molecule has 1 unspecified atom stereocenters. The highest BCUT2D eigenvalue weighted by molar-refractivity contribution is 5.89. The van der Waals surface area contributed by atoms with Crippen molar-refractivity contribution in [3.05, 3.63) is 18.1 Å². The van der Waals surface area contributed by atoms with Crippen LogP contribution in [0.2, 0.25) is 0 Å². The van der Waals surface area contributed by atoms with E-state index in [1.807, 2.05) is 11.0 Å². The zero-order chi connectivity index (χ0) is 18.4. The van der Waals surface area contributed by atoms with Crippen LogP contribution in [-0.4, -0.2) is 69.0 Å². The van der Waals surface area contributed by atoms with Crippen molar-refractivity contribution < 1.29 is 9.59 Å². The molecule has 2 aromatic heterocycles. The predicted octanol–water partition coefficient (Wildman–Crippen LogP) is 0.0308. The maximum absolute atomic E-state index is 12.3. The number of anilines is 1. The molecule has 1 N–H and O–H groups in total. The van der Waals surface area contributed by atoms with Crippen LogP contribution in [0, 0.1) is 5.92 Å². The summed E-state index contributed by atoms with van der Waals surface area (Å²) in [4.78, 5) is 36.9. The van der Waals surface area contributed by atoms with E-state index in [2.05, 4.69) is 39.1 Å². The number of rotatable bonds is 4. The second kappa shape index (κ2) is 6.22. The van der Waals surface area contributed by atoms with Crippen LogP contribution >= 0.6 is 0 Å². The van der Waals surface area contributed by atoms with Gasteiger partial charge in [-0.15, -0.1) is 0 Å². The fraction of sp³-hybridized carbons (Fsp3) is 0.588. The summed E-state index contributed by atoms with van der Waals surface area (Å²) in [5.41, 5.74) is 0.973. The van der Waals surface area contributed by atoms with Crippen LogP contribution in [0.25, 0.3) is 5.78 Å². The van der Waals surface area contributed by atoms with Gasteiger partial charge in [-0.3, -0.25) is 9.59 Å². The molecule has 26 heavy (non-hydrogen) atoms. The lowest BCUT2D eigenvalue weighted by Crippen LogP contribution is -2.60. The molecule has 2 saturated heterocycles. The Labute approximate surface area is 151 Å². The molecule has 2 aliphatic rings. The fourth-order valence-electron chi connectivity index (χ4n) is 3.64. The van der Waals surface area contributed by atoms with Crippen LogP contribution < -0.4 is 10.2 Å². The quantitative estimate of drug-likeness (QED) is 0.829. The number of hydrogen-bond donors (Lipinski definition) is 1. The van der Waals surface area contributed by atoms with Crippen molar-refractivity contribution in [2.45, 2.75) is 32.2 Å².